The number of hydrogen-bond donors (Lipinski definition) is 0. The van der Waals surface area contributed by atoms with E-state index in [1.165, 1.54) is 31.3 Å². The van der Waals surface area contributed by atoms with Crippen molar-refractivity contribution in [3.63, 3.8) is 0 Å². The molecule has 0 heterocycles. The first-order valence-corrected chi connectivity index (χ1v) is 9.45. The summed E-state index contributed by atoms with van der Waals surface area (Å²) in [6.45, 7) is 11.0. The van der Waals surface area contributed by atoms with Crippen molar-refractivity contribution in [2.24, 2.45) is 5.92 Å². The molecular weight excluding hydrogens is 200 g/mol. The molecule has 0 aromatic rings. The highest BCUT2D eigenvalue weighted by Crippen LogP contribution is 2.42. The predicted molar refractivity (Wildman–Crippen MR) is 67.4 cm³/mol. The predicted octanol–water partition coefficient (Wildman–Crippen LogP) is 3.89. The molecular formula is C13H22OSi. The summed E-state index contributed by atoms with van der Waals surface area (Å²) in [5, 5.41) is 0. The van der Waals surface area contributed by atoms with Gasteiger partial charge in [0.1, 0.15) is 0 Å². The van der Waals surface area contributed by atoms with E-state index in [2.05, 4.69) is 32.3 Å². The van der Waals surface area contributed by atoms with E-state index in [0.29, 0.717) is 12.0 Å². The van der Waals surface area contributed by atoms with Crippen LogP contribution in [0.25, 0.3) is 0 Å². The van der Waals surface area contributed by atoms with Gasteiger partial charge in [0, 0.05) is 5.92 Å². The fraction of sp³-hybridized carbons (Fsp3) is 0.692. The van der Waals surface area contributed by atoms with E-state index in [1.54, 1.807) is 5.57 Å². The molecule has 0 amide bonds. The average Bonchev–Trinajstić information content (AvgIpc) is 2.41. The molecule has 0 aliphatic heterocycles. The molecule has 84 valence electrons. The molecule has 1 nitrogen and oxygen atoms in total. The SMILES string of the molecule is C=C1C=C2CCCC[C@@H]2[C@H]1O[Si](C)(C)C. The normalized spacial score (nSPS) is 31.4. The Morgan fingerprint density at radius 2 is 2.07 bits per heavy atom. The van der Waals surface area contributed by atoms with Crippen LogP contribution in [0.15, 0.2) is 23.8 Å². The van der Waals surface area contributed by atoms with E-state index in [0.717, 1.165) is 0 Å². The molecule has 0 saturated heterocycles. The second kappa shape index (κ2) is 3.91. The molecule has 0 radical (unpaired) electrons. The van der Waals surface area contributed by atoms with Gasteiger partial charge in [-0.2, -0.15) is 0 Å². The fourth-order valence-corrected chi connectivity index (χ4v) is 3.78. The van der Waals surface area contributed by atoms with Crippen molar-refractivity contribution >= 4 is 8.32 Å². The maximum Gasteiger partial charge on any atom is 0.184 e. The van der Waals surface area contributed by atoms with E-state index in [4.69, 9.17) is 4.43 Å². The monoisotopic (exact) mass is 222 g/mol. The maximum absolute atomic E-state index is 6.27. The van der Waals surface area contributed by atoms with Gasteiger partial charge in [-0.15, -0.1) is 0 Å². The van der Waals surface area contributed by atoms with Crippen LogP contribution in [-0.2, 0) is 4.43 Å². The number of rotatable bonds is 2. The molecule has 0 aromatic heterocycles. The summed E-state index contributed by atoms with van der Waals surface area (Å²) in [5.74, 6) is 0.665. The Hall–Kier alpha value is -0.343. The molecule has 1 saturated carbocycles. The highest BCUT2D eigenvalue weighted by atomic mass is 28.4. The zero-order valence-corrected chi connectivity index (χ0v) is 11.2. The van der Waals surface area contributed by atoms with Gasteiger partial charge in [0.25, 0.3) is 0 Å². The summed E-state index contributed by atoms with van der Waals surface area (Å²) in [7, 11) is -1.43. The molecule has 0 unspecified atom stereocenters. The van der Waals surface area contributed by atoms with Crippen molar-refractivity contribution in [3.05, 3.63) is 23.8 Å². The minimum Gasteiger partial charge on any atom is -0.410 e. The minimum absolute atomic E-state index is 0.312. The smallest absolute Gasteiger partial charge is 0.184 e. The highest BCUT2D eigenvalue weighted by Gasteiger charge is 2.36. The molecule has 0 N–H and O–H groups in total. The minimum atomic E-state index is -1.43. The van der Waals surface area contributed by atoms with Crippen LogP contribution in [0.2, 0.25) is 19.6 Å². The molecule has 2 heteroatoms. The lowest BCUT2D eigenvalue weighted by atomic mass is 9.85. The number of hydrogen-bond acceptors (Lipinski definition) is 1. The zero-order valence-electron chi connectivity index (χ0n) is 10.2. The largest absolute Gasteiger partial charge is 0.410 e. The average molecular weight is 222 g/mol. The van der Waals surface area contributed by atoms with Crippen LogP contribution in [0, 0.1) is 5.92 Å². The van der Waals surface area contributed by atoms with E-state index in [1.807, 2.05) is 0 Å². The number of fused-ring (bicyclic) bond motifs is 1. The second-order valence-corrected chi connectivity index (χ2v) is 10.3. The Balaban J connectivity index is 2.11. The first-order chi connectivity index (χ1) is 6.97. The Labute approximate surface area is 94.3 Å². The van der Waals surface area contributed by atoms with Crippen molar-refractivity contribution < 1.29 is 4.43 Å². The van der Waals surface area contributed by atoms with Gasteiger partial charge in [-0.3, -0.25) is 0 Å². The molecule has 1 fully saturated rings. The summed E-state index contributed by atoms with van der Waals surface area (Å²) < 4.78 is 6.27. The lowest BCUT2D eigenvalue weighted by Crippen LogP contribution is -2.36. The summed E-state index contributed by atoms with van der Waals surface area (Å²) in [5.41, 5.74) is 2.83. The van der Waals surface area contributed by atoms with Gasteiger partial charge in [0.15, 0.2) is 8.32 Å². The molecule has 0 aromatic carbocycles. The van der Waals surface area contributed by atoms with Crippen molar-refractivity contribution in [1.82, 2.24) is 0 Å². The zero-order chi connectivity index (χ0) is 11.1. The Bertz CT molecular complexity index is 298. The van der Waals surface area contributed by atoms with Gasteiger partial charge < -0.3 is 4.43 Å². The quantitative estimate of drug-likeness (QED) is 0.644. The standard InChI is InChI=1S/C13H22OSi/c1-10-9-11-7-5-6-8-12(11)13(10)14-15(2,3)4/h9,12-13H,1,5-8H2,2-4H3/t12-,13-/m0/s1. The van der Waals surface area contributed by atoms with Gasteiger partial charge in [-0.25, -0.2) is 0 Å². The van der Waals surface area contributed by atoms with Gasteiger partial charge >= 0.3 is 0 Å². The van der Waals surface area contributed by atoms with Gasteiger partial charge in [0.2, 0.25) is 0 Å². The molecule has 2 atom stereocenters. The third-order valence-electron chi connectivity index (χ3n) is 3.29. The molecule has 0 spiro atoms. The van der Waals surface area contributed by atoms with Crippen LogP contribution in [0.5, 0.6) is 0 Å². The van der Waals surface area contributed by atoms with E-state index < -0.39 is 8.32 Å². The van der Waals surface area contributed by atoms with Crippen molar-refractivity contribution in [2.45, 2.75) is 51.4 Å². The van der Waals surface area contributed by atoms with Gasteiger partial charge in [0.05, 0.1) is 6.10 Å². The molecule has 0 bridgehead atoms. The van der Waals surface area contributed by atoms with E-state index in [-0.39, 0.29) is 0 Å². The van der Waals surface area contributed by atoms with Crippen molar-refractivity contribution in [2.75, 3.05) is 0 Å². The molecule has 2 aliphatic carbocycles. The lowest BCUT2D eigenvalue weighted by molar-refractivity contribution is 0.174. The van der Waals surface area contributed by atoms with E-state index >= 15 is 0 Å². The van der Waals surface area contributed by atoms with Crippen molar-refractivity contribution in [3.8, 4) is 0 Å². The Morgan fingerprint density at radius 3 is 2.73 bits per heavy atom. The second-order valence-electron chi connectivity index (χ2n) is 5.80. The molecule has 2 aliphatic rings. The first-order valence-electron chi connectivity index (χ1n) is 6.04. The fourth-order valence-electron chi connectivity index (χ4n) is 2.71. The summed E-state index contributed by atoms with van der Waals surface area (Å²) in [6, 6.07) is 0. The summed E-state index contributed by atoms with van der Waals surface area (Å²) >= 11 is 0. The Morgan fingerprint density at radius 1 is 1.33 bits per heavy atom. The molecule has 2 rings (SSSR count). The topological polar surface area (TPSA) is 9.23 Å². The lowest BCUT2D eigenvalue weighted by Gasteiger charge is -2.32. The highest BCUT2D eigenvalue weighted by molar-refractivity contribution is 6.69. The van der Waals surface area contributed by atoms with Crippen LogP contribution < -0.4 is 0 Å². The van der Waals surface area contributed by atoms with Gasteiger partial charge in [-0.05, 0) is 44.5 Å². The van der Waals surface area contributed by atoms with Crippen molar-refractivity contribution in [1.29, 1.82) is 0 Å². The first kappa shape index (κ1) is 11.2. The Kier molecular flexibility index (Phi) is 2.91. The van der Waals surface area contributed by atoms with Crippen LogP contribution in [0.1, 0.15) is 25.7 Å². The molecule has 15 heavy (non-hydrogen) atoms. The summed E-state index contributed by atoms with van der Waals surface area (Å²) in [4.78, 5) is 0. The van der Waals surface area contributed by atoms with Crippen LogP contribution in [-0.4, -0.2) is 14.4 Å². The third kappa shape index (κ3) is 2.43. The van der Waals surface area contributed by atoms with Crippen LogP contribution in [0.4, 0.5) is 0 Å². The van der Waals surface area contributed by atoms with Crippen LogP contribution >= 0.6 is 0 Å². The van der Waals surface area contributed by atoms with Gasteiger partial charge in [-0.1, -0.05) is 24.6 Å². The summed E-state index contributed by atoms with van der Waals surface area (Å²) in [6.07, 6.45) is 7.91. The third-order valence-corrected chi connectivity index (χ3v) is 4.25. The van der Waals surface area contributed by atoms with E-state index in [9.17, 15) is 0 Å². The van der Waals surface area contributed by atoms with Crippen LogP contribution in [0.3, 0.4) is 0 Å². The maximum atomic E-state index is 6.27.